The van der Waals surface area contributed by atoms with Crippen LogP contribution in [0.15, 0.2) is 71.5 Å². The van der Waals surface area contributed by atoms with E-state index < -0.39 is 0 Å². The predicted octanol–water partition coefficient (Wildman–Crippen LogP) is 7.93. The van der Waals surface area contributed by atoms with Crippen LogP contribution in [0.1, 0.15) is 52.4 Å². The van der Waals surface area contributed by atoms with Gasteiger partial charge in [-0.2, -0.15) is 10.2 Å². The van der Waals surface area contributed by atoms with Gasteiger partial charge in [0.15, 0.2) is 5.82 Å². The van der Waals surface area contributed by atoms with Gasteiger partial charge in [-0.05, 0) is 68.2 Å². The molecule has 13 heteroatoms. The highest BCUT2D eigenvalue weighted by Crippen LogP contribution is 2.39. The van der Waals surface area contributed by atoms with Crippen molar-refractivity contribution in [2.45, 2.75) is 52.7 Å². The maximum atomic E-state index is 9.33. The zero-order valence-electron chi connectivity index (χ0n) is 30.0. The lowest BCUT2D eigenvalue weighted by molar-refractivity contribution is 0.150. The second-order valence-electron chi connectivity index (χ2n) is 13.1. The molecule has 0 amide bonds. The summed E-state index contributed by atoms with van der Waals surface area (Å²) >= 11 is 13.8. The van der Waals surface area contributed by atoms with Crippen LogP contribution < -0.4 is 19.5 Å². The van der Waals surface area contributed by atoms with E-state index in [0.717, 1.165) is 52.9 Å². The van der Waals surface area contributed by atoms with Crippen LogP contribution in [-0.4, -0.2) is 53.9 Å². The molecule has 1 unspecified atom stereocenters. The lowest BCUT2D eigenvalue weighted by Gasteiger charge is -2.29. The standard InChI is InChI=1S/C40H42Cl2N6O5/c1-26-30(8-4-9-32(26)33-10-5-11-35(40(33)42)50-22-27-7-6-12-48(2)21-27)24-52-37-15-36(51-23-29-13-28(16-43)17-44-18-29)31(14-34(37)41)19-45-20-39-46-38(25-49-3)47-53-39/h4-5,8-11,13-15,17-18,27,45H,6-7,12,19-25H2,1-3H3. The number of rotatable bonds is 16. The number of methoxy groups -OCH3 is 1. The van der Waals surface area contributed by atoms with Crippen molar-refractivity contribution in [2.75, 3.05) is 33.9 Å². The molecule has 0 spiro atoms. The van der Waals surface area contributed by atoms with Crippen LogP contribution in [0.3, 0.4) is 0 Å². The van der Waals surface area contributed by atoms with Gasteiger partial charge >= 0.3 is 0 Å². The van der Waals surface area contributed by atoms with E-state index in [4.69, 9.17) is 46.7 Å². The second-order valence-corrected chi connectivity index (χ2v) is 13.9. The van der Waals surface area contributed by atoms with E-state index in [0.29, 0.717) is 70.2 Å². The Morgan fingerprint density at radius 2 is 1.77 bits per heavy atom. The number of nitrogens with zero attached hydrogens (tertiary/aromatic N) is 5. The van der Waals surface area contributed by atoms with Crippen LogP contribution in [0.4, 0.5) is 0 Å². The summed E-state index contributed by atoms with van der Waals surface area (Å²) in [5.41, 5.74) is 5.90. The number of nitrogens with one attached hydrogen (secondary N) is 1. The molecule has 0 aliphatic carbocycles. The molecule has 0 radical (unpaired) electrons. The number of ether oxygens (including phenoxy) is 4. The molecule has 1 atom stereocenters. The van der Waals surface area contributed by atoms with Gasteiger partial charge in [0.2, 0.25) is 5.89 Å². The van der Waals surface area contributed by atoms with E-state index in [-0.39, 0.29) is 19.8 Å². The lowest BCUT2D eigenvalue weighted by Crippen LogP contribution is -2.34. The monoisotopic (exact) mass is 756 g/mol. The Morgan fingerprint density at radius 3 is 2.60 bits per heavy atom. The van der Waals surface area contributed by atoms with Crippen molar-refractivity contribution in [1.82, 2.24) is 25.3 Å². The van der Waals surface area contributed by atoms with E-state index in [2.05, 4.69) is 51.4 Å². The van der Waals surface area contributed by atoms with E-state index in [1.807, 2.05) is 36.4 Å². The minimum Gasteiger partial charge on any atom is -0.492 e. The molecule has 276 valence electrons. The van der Waals surface area contributed by atoms with Crippen molar-refractivity contribution in [3.63, 3.8) is 0 Å². The fourth-order valence-electron chi connectivity index (χ4n) is 6.34. The number of likely N-dealkylation sites (tertiary alicyclic amines) is 1. The molecule has 1 fully saturated rings. The molecule has 6 rings (SSSR count). The van der Waals surface area contributed by atoms with Gasteiger partial charge in [-0.3, -0.25) is 4.98 Å². The van der Waals surface area contributed by atoms with Crippen molar-refractivity contribution >= 4 is 23.2 Å². The average Bonchev–Trinajstić information content (AvgIpc) is 3.61. The Bertz CT molecular complexity index is 2050. The highest BCUT2D eigenvalue weighted by atomic mass is 35.5. The summed E-state index contributed by atoms with van der Waals surface area (Å²) in [6, 6.07) is 19.5. The van der Waals surface area contributed by atoms with Crippen LogP contribution in [-0.2, 0) is 37.6 Å². The molecule has 0 saturated carbocycles. The van der Waals surface area contributed by atoms with Gasteiger partial charge in [-0.25, -0.2) is 0 Å². The Balaban J connectivity index is 1.17. The number of nitriles is 1. The molecule has 1 N–H and O–H groups in total. The van der Waals surface area contributed by atoms with Gasteiger partial charge in [0, 0.05) is 61.3 Å². The van der Waals surface area contributed by atoms with E-state index in [9.17, 15) is 5.26 Å². The van der Waals surface area contributed by atoms with Crippen molar-refractivity contribution < 1.29 is 23.5 Å². The van der Waals surface area contributed by atoms with Gasteiger partial charge in [0.05, 0.1) is 28.8 Å². The minimum absolute atomic E-state index is 0.184. The third-order valence-electron chi connectivity index (χ3n) is 9.09. The predicted molar refractivity (Wildman–Crippen MR) is 202 cm³/mol. The summed E-state index contributed by atoms with van der Waals surface area (Å²) in [4.78, 5) is 10.8. The number of aromatic nitrogens is 3. The van der Waals surface area contributed by atoms with Gasteiger partial charge in [-0.1, -0.05) is 58.7 Å². The second kappa shape index (κ2) is 18.4. The molecule has 3 heterocycles. The molecule has 0 bridgehead atoms. The van der Waals surface area contributed by atoms with Crippen LogP contribution in [0, 0.1) is 24.2 Å². The number of hydrogen-bond donors (Lipinski definition) is 1. The summed E-state index contributed by atoms with van der Waals surface area (Å²) in [6.07, 6.45) is 5.52. The van der Waals surface area contributed by atoms with E-state index in [1.165, 1.54) is 12.6 Å². The van der Waals surface area contributed by atoms with Crippen molar-refractivity contribution in [3.05, 3.63) is 117 Å². The number of hydrogen-bond acceptors (Lipinski definition) is 11. The molecular weight excluding hydrogens is 715 g/mol. The fourth-order valence-corrected chi connectivity index (χ4v) is 6.86. The van der Waals surface area contributed by atoms with Crippen LogP contribution in [0.2, 0.25) is 10.0 Å². The maximum Gasteiger partial charge on any atom is 0.240 e. The molecule has 11 nitrogen and oxygen atoms in total. The third kappa shape index (κ3) is 10.0. The first-order valence-corrected chi connectivity index (χ1v) is 18.2. The van der Waals surface area contributed by atoms with Crippen molar-refractivity contribution in [3.8, 4) is 34.4 Å². The first-order chi connectivity index (χ1) is 25.8. The average molecular weight is 758 g/mol. The van der Waals surface area contributed by atoms with Gasteiger partial charge in [-0.15, -0.1) is 0 Å². The Labute approximate surface area is 319 Å². The minimum atomic E-state index is 0.184. The van der Waals surface area contributed by atoms with Gasteiger partial charge < -0.3 is 33.7 Å². The van der Waals surface area contributed by atoms with Crippen molar-refractivity contribution in [2.24, 2.45) is 5.92 Å². The third-order valence-corrected chi connectivity index (χ3v) is 9.77. The summed E-state index contributed by atoms with van der Waals surface area (Å²) in [5.74, 6) is 3.08. The number of pyridine rings is 1. The Hall–Kier alpha value is -4.70. The zero-order valence-corrected chi connectivity index (χ0v) is 31.5. The first kappa shape index (κ1) is 38.0. The normalized spacial score (nSPS) is 14.5. The first-order valence-electron chi connectivity index (χ1n) is 17.4. The molecule has 1 saturated heterocycles. The molecular formula is C40H42Cl2N6O5. The van der Waals surface area contributed by atoms with E-state index in [1.54, 1.807) is 25.4 Å². The SMILES string of the molecule is COCc1noc(CNCc2cc(Cl)c(OCc3cccc(-c4cccc(OCC5CCCN(C)C5)c4Cl)c3C)cc2OCc2cncc(C#N)c2)n1. The molecule has 2 aromatic heterocycles. The van der Waals surface area contributed by atoms with Crippen LogP contribution >= 0.6 is 23.2 Å². The molecule has 53 heavy (non-hydrogen) atoms. The quantitative estimate of drug-likeness (QED) is 0.105. The number of benzene rings is 3. The molecule has 1 aliphatic rings. The summed E-state index contributed by atoms with van der Waals surface area (Å²) in [7, 11) is 3.73. The smallest absolute Gasteiger partial charge is 0.240 e. The molecule has 3 aromatic carbocycles. The Morgan fingerprint density at radius 1 is 0.943 bits per heavy atom. The lowest BCUT2D eigenvalue weighted by atomic mass is 9.96. The molecule has 1 aliphatic heterocycles. The topological polar surface area (TPSA) is 128 Å². The molecule has 5 aromatic rings. The van der Waals surface area contributed by atoms with E-state index >= 15 is 0 Å². The number of halogens is 2. The number of piperidine rings is 1. The van der Waals surface area contributed by atoms with Crippen molar-refractivity contribution in [1.29, 1.82) is 5.26 Å². The zero-order chi connectivity index (χ0) is 37.2. The summed E-state index contributed by atoms with van der Waals surface area (Å²) < 4.78 is 29.3. The fraction of sp³-hybridized carbons (Fsp3) is 0.350. The highest BCUT2D eigenvalue weighted by Gasteiger charge is 2.20. The van der Waals surface area contributed by atoms with Crippen LogP contribution in [0.25, 0.3) is 11.1 Å². The summed E-state index contributed by atoms with van der Waals surface area (Å²) in [6.45, 7) is 6.28. The highest BCUT2D eigenvalue weighted by molar-refractivity contribution is 6.35. The Kier molecular flexibility index (Phi) is 13.2. The maximum absolute atomic E-state index is 9.33. The van der Waals surface area contributed by atoms with Crippen LogP contribution in [0.5, 0.6) is 17.2 Å². The largest absolute Gasteiger partial charge is 0.492 e. The van der Waals surface area contributed by atoms with Gasteiger partial charge in [0.1, 0.15) is 43.1 Å². The van der Waals surface area contributed by atoms with Gasteiger partial charge in [0.25, 0.3) is 0 Å². The summed E-state index contributed by atoms with van der Waals surface area (Å²) in [5, 5.41) is 17.6.